The average Bonchev–Trinajstić information content (AvgIpc) is 2.74. The van der Waals surface area contributed by atoms with Crippen LogP contribution in [0.4, 0.5) is 4.79 Å². The fraction of sp³-hybridized carbons (Fsp3) is 0.438. The van der Waals surface area contributed by atoms with Crippen molar-refractivity contribution in [3.63, 3.8) is 0 Å². The molecule has 0 bridgehead atoms. The van der Waals surface area contributed by atoms with Crippen molar-refractivity contribution in [1.29, 1.82) is 0 Å². The number of methoxy groups -OCH3 is 1. The summed E-state index contributed by atoms with van der Waals surface area (Å²) in [7, 11) is 1.47. The topological polar surface area (TPSA) is 75.7 Å². The number of nitrogens with one attached hydrogen (secondary N) is 1. The summed E-state index contributed by atoms with van der Waals surface area (Å²) in [4.78, 5) is 37.5. The molecule has 1 aromatic carbocycles. The molecule has 22 heavy (non-hydrogen) atoms. The zero-order valence-electron chi connectivity index (χ0n) is 13.0. The summed E-state index contributed by atoms with van der Waals surface area (Å²) in [5, 5.41) is 2.62. The maximum absolute atomic E-state index is 12.3. The Morgan fingerprint density at radius 1 is 1.32 bits per heavy atom. The van der Waals surface area contributed by atoms with Crippen LogP contribution in [0.3, 0.4) is 0 Å². The quantitative estimate of drug-likeness (QED) is 0.643. The van der Waals surface area contributed by atoms with Gasteiger partial charge < -0.3 is 10.1 Å². The molecular weight excluding hydrogens is 284 g/mol. The fourth-order valence-electron chi connectivity index (χ4n) is 2.46. The lowest BCUT2D eigenvalue weighted by atomic mass is 10.0. The lowest BCUT2D eigenvalue weighted by Gasteiger charge is -2.14. The Hall–Kier alpha value is -2.37. The lowest BCUT2D eigenvalue weighted by Crippen LogP contribution is -2.36. The van der Waals surface area contributed by atoms with Gasteiger partial charge in [0, 0.05) is 0 Å². The SMILES string of the molecule is COc1ccccc1C(=O)CN1C(=O)NC(CC(C)C)C1=O. The zero-order valence-corrected chi connectivity index (χ0v) is 13.0. The Labute approximate surface area is 129 Å². The minimum absolute atomic E-state index is 0.277. The van der Waals surface area contributed by atoms with Crippen LogP contribution in [0, 0.1) is 5.92 Å². The number of ether oxygens (including phenoxy) is 1. The number of benzene rings is 1. The molecule has 0 aromatic heterocycles. The first-order valence-corrected chi connectivity index (χ1v) is 7.22. The Morgan fingerprint density at radius 3 is 2.64 bits per heavy atom. The van der Waals surface area contributed by atoms with Crippen molar-refractivity contribution < 1.29 is 19.1 Å². The molecule has 6 nitrogen and oxygen atoms in total. The molecule has 1 saturated heterocycles. The average molecular weight is 304 g/mol. The predicted octanol–water partition coefficient (Wildman–Crippen LogP) is 1.84. The van der Waals surface area contributed by atoms with Crippen molar-refractivity contribution in [1.82, 2.24) is 10.2 Å². The first-order valence-electron chi connectivity index (χ1n) is 7.22. The number of urea groups is 1. The molecule has 1 fully saturated rings. The molecule has 118 valence electrons. The van der Waals surface area contributed by atoms with Crippen LogP contribution in [0.1, 0.15) is 30.6 Å². The summed E-state index contributed by atoms with van der Waals surface area (Å²) < 4.78 is 5.13. The minimum Gasteiger partial charge on any atom is -0.496 e. The third-order valence-corrected chi connectivity index (χ3v) is 3.52. The van der Waals surface area contributed by atoms with Crippen molar-refractivity contribution in [2.24, 2.45) is 5.92 Å². The molecule has 1 aliphatic rings. The predicted molar refractivity (Wildman–Crippen MR) is 80.8 cm³/mol. The lowest BCUT2D eigenvalue weighted by molar-refractivity contribution is -0.127. The van der Waals surface area contributed by atoms with E-state index in [4.69, 9.17) is 4.74 Å². The number of carbonyl (C=O) groups is 3. The molecule has 2 rings (SSSR count). The molecule has 1 atom stereocenters. The third kappa shape index (κ3) is 3.27. The molecule has 1 N–H and O–H groups in total. The van der Waals surface area contributed by atoms with Gasteiger partial charge >= 0.3 is 6.03 Å². The van der Waals surface area contributed by atoms with E-state index in [0.717, 1.165) is 4.90 Å². The number of carbonyl (C=O) groups excluding carboxylic acids is 3. The first-order chi connectivity index (χ1) is 10.4. The molecule has 0 saturated carbocycles. The van der Waals surface area contributed by atoms with Crippen LogP contribution in [0.15, 0.2) is 24.3 Å². The first kappa shape index (κ1) is 16.0. The van der Waals surface area contributed by atoms with E-state index in [2.05, 4.69) is 5.32 Å². The Morgan fingerprint density at radius 2 is 2.00 bits per heavy atom. The van der Waals surface area contributed by atoms with E-state index in [1.807, 2.05) is 13.8 Å². The van der Waals surface area contributed by atoms with E-state index < -0.39 is 12.1 Å². The van der Waals surface area contributed by atoms with Gasteiger partial charge in [0.15, 0.2) is 5.78 Å². The summed E-state index contributed by atoms with van der Waals surface area (Å²) in [5.74, 6) is 0.0329. The Balaban J connectivity index is 2.11. The summed E-state index contributed by atoms with van der Waals surface area (Å²) in [6.45, 7) is 3.67. The fourth-order valence-corrected chi connectivity index (χ4v) is 2.46. The van der Waals surface area contributed by atoms with E-state index >= 15 is 0 Å². The number of hydrogen-bond donors (Lipinski definition) is 1. The second-order valence-electron chi connectivity index (χ2n) is 5.68. The van der Waals surface area contributed by atoms with Crippen molar-refractivity contribution in [2.45, 2.75) is 26.3 Å². The van der Waals surface area contributed by atoms with Crippen LogP contribution in [0.2, 0.25) is 0 Å². The summed E-state index contributed by atoms with van der Waals surface area (Å²) in [5.41, 5.74) is 0.359. The maximum atomic E-state index is 12.3. The molecule has 0 radical (unpaired) electrons. The molecule has 3 amide bonds. The van der Waals surface area contributed by atoms with Crippen molar-refractivity contribution in [2.75, 3.05) is 13.7 Å². The van der Waals surface area contributed by atoms with Gasteiger partial charge in [-0.3, -0.25) is 14.5 Å². The van der Waals surface area contributed by atoms with Gasteiger partial charge in [-0.1, -0.05) is 26.0 Å². The summed E-state index contributed by atoms with van der Waals surface area (Å²) in [6, 6.07) is 5.69. The van der Waals surface area contributed by atoms with Gasteiger partial charge in [-0.25, -0.2) is 4.79 Å². The number of imide groups is 1. The van der Waals surface area contributed by atoms with Gasteiger partial charge in [-0.2, -0.15) is 0 Å². The molecule has 0 aliphatic carbocycles. The van der Waals surface area contributed by atoms with E-state index in [1.165, 1.54) is 7.11 Å². The van der Waals surface area contributed by atoms with Crippen molar-refractivity contribution in [3.8, 4) is 5.75 Å². The smallest absolute Gasteiger partial charge is 0.325 e. The number of hydrogen-bond acceptors (Lipinski definition) is 4. The highest BCUT2D eigenvalue weighted by Gasteiger charge is 2.39. The van der Waals surface area contributed by atoms with Gasteiger partial charge in [0.05, 0.1) is 19.2 Å². The van der Waals surface area contributed by atoms with E-state index in [0.29, 0.717) is 17.7 Å². The van der Waals surface area contributed by atoms with Gasteiger partial charge in [-0.05, 0) is 24.5 Å². The summed E-state index contributed by atoms with van der Waals surface area (Å²) >= 11 is 0. The number of amides is 3. The van der Waals surface area contributed by atoms with Crippen LogP contribution in [0.25, 0.3) is 0 Å². The Bertz CT molecular complexity index is 598. The minimum atomic E-state index is -0.544. The standard InChI is InChI=1S/C16H20N2O4/c1-10(2)8-12-15(20)18(16(21)17-12)9-13(19)11-6-4-5-7-14(11)22-3/h4-7,10,12H,8-9H2,1-3H3,(H,17,21). The van der Waals surface area contributed by atoms with Crippen molar-refractivity contribution >= 4 is 17.7 Å². The van der Waals surface area contributed by atoms with E-state index in [-0.39, 0.29) is 24.2 Å². The van der Waals surface area contributed by atoms with Crippen LogP contribution in [-0.2, 0) is 4.79 Å². The number of Topliss-reactive ketones (excluding diaryl/α,β-unsaturated/α-hetero) is 1. The second kappa shape index (κ2) is 6.60. The third-order valence-electron chi connectivity index (χ3n) is 3.52. The normalized spacial score (nSPS) is 17.8. The molecular formula is C16H20N2O4. The number of para-hydroxylation sites is 1. The van der Waals surface area contributed by atoms with Crippen LogP contribution in [0.5, 0.6) is 5.75 Å². The zero-order chi connectivity index (χ0) is 16.3. The van der Waals surface area contributed by atoms with Gasteiger partial charge in [0.1, 0.15) is 11.8 Å². The number of ketones is 1. The van der Waals surface area contributed by atoms with Crippen LogP contribution >= 0.6 is 0 Å². The van der Waals surface area contributed by atoms with E-state index in [9.17, 15) is 14.4 Å². The highest BCUT2D eigenvalue weighted by molar-refractivity contribution is 6.09. The number of rotatable bonds is 6. The highest BCUT2D eigenvalue weighted by Crippen LogP contribution is 2.20. The van der Waals surface area contributed by atoms with Crippen LogP contribution < -0.4 is 10.1 Å². The molecule has 0 spiro atoms. The van der Waals surface area contributed by atoms with Crippen molar-refractivity contribution in [3.05, 3.63) is 29.8 Å². The molecule has 6 heteroatoms. The summed E-state index contributed by atoms with van der Waals surface area (Å²) in [6.07, 6.45) is 0.559. The molecule has 1 unspecified atom stereocenters. The van der Waals surface area contributed by atoms with Gasteiger partial charge in [-0.15, -0.1) is 0 Å². The largest absolute Gasteiger partial charge is 0.496 e. The van der Waals surface area contributed by atoms with E-state index in [1.54, 1.807) is 24.3 Å². The monoisotopic (exact) mass is 304 g/mol. The Kier molecular flexibility index (Phi) is 4.80. The van der Waals surface area contributed by atoms with Crippen LogP contribution in [-0.4, -0.2) is 42.3 Å². The highest BCUT2D eigenvalue weighted by atomic mass is 16.5. The molecule has 1 heterocycles. The molecule has 1 aromatic rings. The molecule has 1 aliphatic heterocycles. The maximum Gasteiger partial charge on any atom is 0.325 e. The van der Waals surface area contributed by atoms with Gasteiger partial charge in [0.2, 0.25) is 0 Å². The van der Waals surface area contributed by atoms with Gasteiger partial charge in [0.25, 0.3) is 5.91 Å². The second-order valence-corrected chi connectivity index (χ2v) is 5.68. The number of nitrogens with zero attached hydrogens (tertiary/aromatic N) is 1.